The van der Waals surface area contributed by atoms with Gasteiger partial charge in [-0.25, -0.2) is 4.79 Å². The van der Waals surface area contributed by atoms with Gasteiger partial charge in [0, 0.05) is 19.8 Å². The summed E-state index contributed by atoms with van der Waals surface area (Å²) in [5.74, 6) is -0.760. The first-order valence-electron chi connectivity index (χ1n) is 6.37. The fraction of sp³-hybridized carbons (Fsp3) is 0.750. The molecule has 1 spiro atoms. The van der Waals surface area contributed by atoms with Gasteiger partial charge in [-0.2, -0.15) is 0 Å². The Morgan fingerprint density at radius 3 is 2.61 bits per heavy atom. The molecule has 0 bridgehead atoms. The zero-order valence-corrected chi connectivity index (χ0v) is 10.5. The summed E-state index contributed by atoms with van der Waals surface area (Å²) in [5.41, 5.74) is -0.959. The fourth-order valence-corrected chi connectivity index (χ4v) is 2.38. The van der Waals surface area contributed by atoms with E-state index in [0.29, 0.717) is 39.0 Å². The van der Waals surface area contributed by atoms with Gasteiger partial charge in [-0.3, -0.25) is 19.8 Å². The summed E-state index contributed by atoms with van der Waals surface area (Å²) < 4.78 is 5.17. The van der Waals surface area contributed by atoms with Crippen LogP contribution in [0.1, 0.15) is 32.6 Å². The third-order valence-corrected chi connectivity index (χ3v) is 3.64. The standard InChI is InChI=1S/C12H18N2O4/c1-2-18-8-4-7-14-10(16)12(5-3-6-12)9(15)13-11(14)17/h2-8H2,1H3,(H,13,15,17). The van der Waals surface area contributed by atoms with Gasteiger partial charge in [-0.1, -0.05) is 6.42 Å². The lowest BCUT2D eigenvalue weighted by Crippen LogP contribution is -2.66. The molecule has 0 radical (unpaired) electrons. The van der Waals surface area contributed by atoms with Crippen LogP contribution in [0.3, 0.4) is 0 Å². The molecule has 2 rings (SSSR count). The van der Waals surface area contributed by atoms with Crippen LogP contribution in [-0.4, -0.2) is 42.5 Å². The van der Waals surface area contributed by atoms with E-state index in [1.54, 1.807) is 0 Å². The van der Waals surface area contributed by atoms with E-state index in [2.05, 4.69) is 5.32 Å². The van der Waals surface area contributed by atoms with Gasteiger partial charge in [0.05, 0.1) is 0 Å². The molecule has 0 aromatic heterocycles. The monoisotopic (exact) mass is 254 g/mol. The van der Waals surface area contributed by atoms with Crippen molar-refractivity contribution >= 4 is 17.8 Å². The minimum atomic E-state index is -0.959. The van der Waals surface area contributed by atoms with Crippen LogP contribution < -0.4 is 5.32 Å². The molecule has 6 heteroatoms. The molecule has 1 saturated heterocycles. The third kappa shape index (κ3) is 2.01. The molecule has 1 aliphatic carbocycles. The highest BCUT2D eigenvalue weighted by Crippen LogP contribution is 2.44. The Kier molecular flexibility index (Phi) is 3.65. The second kappa shape index (κ2) is 5.06. The normalized spacial score (nSPS) is 22.1. The maximum atomic E-state index is 12.2. The van der Waals surface area contributed by atoms with Gasteiger partial charge in [0.2, 0.25) is 11.8 Å². The maximum Gasteiger partial charge on any atom is 0.330 e. The van der Waals surface area contributed by atoms with Crippen LogP contribution in [-0.2, 0) is 14.3 Å². The molecule has 18 heavy (non-hydrogen) atoms. The van der Waals surface area contributed by atoms with Crippen molar-refractivity contribution in [3.63, 3.8) is 0 Å². The van der Waals surface area contributed by atoms with Gasteiger partial charge < -0.3 is 4.74 Å². The van der Waals surface area contributed by atoms with E-state index < -0.39 is 17.4 Å². The molecule has 1 heterocycles. The van der Waals surface area contributed by atoms with Crippen LogP contribution in [0, 0.1) is 5.41 Å². The molecule has 100 valence electrons. The highest BCUT2D eigenvalue weighted by molar-refractivity contribution is 6.19. The van der Waals surface area contributed by atoms with Crippen LogP contribution in [0.2, 0.25) is 0 Å². The van der Waals surface area contributed by atoms with Gasteiger partial charge in [0.15, 0.2) is 0 Å². The smallest absolute Gasteiger partial charge is 0.330 e. The number of nitrogens with zero attached hydrogens (tertiary/aromatic N) is 1. The molecule has 1 aliphatic heterocycles. The van der Waals surface area contributed by atoms with E-state index in [1.165, 1.54) is 0 Å². The predicted molar refractivity (Wildman–Crippen MR) is 62.6 cm³/mol. The summed E-state index contributed by atoms with van der Waals surface area (Å²) in [7, 11) is 0. The van der Waals surface area contributed by atoms with Gasteiger partial charge >= 0.3 is 6.03 Å². The number of barbiturate groups is 1. The van der Waals surface area contributed by atoms with E-state index in [0.717, 1.165) is 11.3 Å². The lowest BCUT2D eigenvalue weighted by atomic mass is 9.66. The highest BCUT2D eigenvalue weighted by Gasteiger charge is 2.57. The lowest BCUT2D eigenvalue weighted by Gasteiger charge is -2.44. The molecule has 1 saturated carbocycles. The zero-order chi connectivity index (χ0) is 13.2. The number of carbonyl (C=O) groups is 3. The van der Waals surface area contributed by atoms with Gasteiger partial charge in [0.25, 0.3) is 0 Å². The molecule has 2 aliphatic rings. The molecule has 2 fully saturated rings. The summed E-state index contributed by atoms with van der Waals surface area (Å²) in [6.07, 6.45) is 2.55. The van der Waals surface area contributed by atoms with Crippen LogP contribution in [0.25, 0.3) is 0 Å². The van der Waals surface area contributed by atoms with Crippen molar-refractivity contribution in [1.82, 2.24) is 10.2 Å². The Labute approximate surface area is 106 Å². The van der Waals surface area contributed by atoms with Crippen LogP contribution in [0.5, 0.6) is 0 Å². The van der Waals surface area contributed by atoms with E-state index >= 15 is 0 Å². The van der Waals surface area contributed by atoms with Crippen molar-refractivity contribution in [2.75, 3.05) is 19.8 Å². The van der Waals surface area contributed by atoms with Crippen molar-refractivity contribution in [2.24, 2.45) is 5.41 Å². The van der Waals surface area contributed by atoms with Crippen LogP contribution in [0.4, 0.5) is 4.79 Å². The van der Waals surface area contributed by atoms with E-state index in [9.17, 15) is 14.4 Å². The Balaban J connectivity index is 1.98. The maximum absolute atomic E-state index is 12.2. The first kappa shape index (κ1) is 13.0. The van der Waals surface area contributed by atoms with Crippen LogP contribution in [0.15, 0.2) is 0 Å². The second-order valence-corrected chi connectivity index (χ2v) is 4.70. The second-order valence-electron chi connectivity index (χ2n) is 4.70. The number of ether oxygens (including phenoxy) is 1. The Morgan fingerprint density at radius 1 is 1.33 bits per heavy atom. The SMILES string of the molecule is CCOCCCN1C(=O)NC(=O)C2(CCC2)C1=O. The number of hydrogen-bond donors (Lipinski definition) is 1. The third-order valence-electron chi connectivity index (χ3n) is 3.64. The minimum absolute atomic E-state index is 0.305. The fourth-order valence-electron chi connectivity index (χ4n) is 2.38. The lowest BCUT2D eigenvalue weighted by molar-refractivity contribution is -0.157. The number of nitrogens with one attached hydrogen (secondary N) is 1. The number of amides is 4. The van der Waals surface area contributed by atoms with Gasteiger partial charge in [0.1, 0.15) is 5.41 Å². The summed E-state index contributed by atoms with van der Waals surface area (Å²) in [6.45, 7) is 3.32. The number of hydrogen-bond acceptors (Lipinski definition) is 4. The Morgan fingerprint density at radius 2 is 2.06 bits per heavy atom. The summed E-state index contributed by atoms with van der Waals surface area (Å²) in [5, 5.41) is 2.28. The first-order valence-corrected chi connectivity index (χ1v) is 6.37. The minimum Gasteiger partial charge on any atom is -0.382 e. The van der Waals surface area contributed by atoms with Gasteiger partial charge in [-0.05, 0) is 26.2 Å². The van der Waals surface area contributed by atoms with Crippen molar-refractivity contribution in [3.8, 4) is 0 Å². The highest BCUT2D eigenvalue weighted by atomic mass is 16.5. The first-order chi connectivity index (χ1) is 8.62. The van der Waals surface area contributed by atoms with E-state index in [1.807, 2.05) is 6.92 Å². The molecule has 0 unspecified atom stereocenters. The molecular formula is C12H18N2O4. The summed E-state index contributed by atoms with van der Waals surface area (Å²) in [4.78, 5) is 36.7. The summed E-state index contributed by atoms with van der Waals surface area (Å²) in [6, 6.07) is -0.598. The molecule has 1 N–H and O–H groups in total. The number of carbonyl (C=O) groups excluding carboxylic acids is 3. The van der Waals surface area contributed by atoms with Crippen molar-refractivity contribution in [2.45, 2.75) is 32.6 Å². The Hall–Kier alpha value is -1.43. The molecule has 0 atom stereocenters. The van der Waals surface area contributed by atoms with Crippen molar-refractivity contribution < 1.29 is 19.1 Å². The molecule has 6 nitrogen and oxygen atoms in total. The zero-order valence-electron chi connectivity index (χ0n) is 10.5. The number of imide groups is 2. The van der Waals surface area contributed by atoms with E-state index in [4.69, 9.17) is 4.74 Å². The molecule has 0 aromatic rings. The topological polar surface area (TPSA) is 75.7 Å². The molecular weight excluding hydrogens is 236 g/mol. The largest absolute Gasteiger partial charge is 0.382 e. The quantitative estimate of drug-likeness (QED) is 0.577. The van der Waals surface area contributed by atoms with Gasteiger partial charge in [-0.15, -0.1) is 0 Å². The van der Waals surface area contributed by atoms with Crippen molar-refractivity contribution in [1.29, 1.82) is 0 Å². The average Bonchev–Trinajstić information content (AvgIpc) is 2.25. The molecule has 0 aromatic carbocycles. The summed E-state index contributed by atoms with van der Waals surface area (Å²) >= 11 is 0. The van der Waals surface area contributed by atoms with E-state index in [-0.39, 0.29) is 5.91 Å². The van der Waals surface area contributed by atoms with Crippen LogP contribution >= 0.6 is 0 Å². The predicted octanol–water partition coefficient (Wildman–Crippen LogP) is 0.662. The Bertz CT molecular complexity index is 376. The number of rotatable bonds is 5. The number of urea groups is 1. The average molecular weight is 254 g/mol. The molecule has 4 amide bonds. The van der Waals surface area contributed by atoms with Crippen molar-refractivity contribution in [3.05, 3.63) is 0 Å².